The zero-order valence-electron chi connectivity index (χ0n) is 45.7. The van der Waals surface area contributed by atoms with Crippen molar-refractivity contribution in [1.29, 1.82) is 0 Å². The number of aromatic nitrogens is 2. The van der Waals surface area contributed by atoms with Crippen LogP contribution < -0.4 is 20.1 Å². The number of carboxylic acid groups (broad SMARTS) is 1. The molecule has 2 fully saturated rings. The van der Waals surface area contributed by atoms with Crippen LogP contribution in [-0.4, -0.2) is 132 Å². The third-order valence-electron chi connectivity index (χ3n) is 14.8. The number of nitrogens with one attached hydrogen (secondary N) is 2. The van der Waals surface area contributed by atoms with Crippen molar-refractivity contribution >= 4 is 47.0 Å². The molecule has 2 aromatic heterocycles. The average molecular weight is 1110 g/mol. The van der Waals surface area contributed by atoms with E-state index in [1.807, 2.05) is 109 Å². The quantitative estimate of drug-likeness (QED) is 0.0393. The van der Waals surface area contributed by atoms with E-state index >= 15 is 0 Å². The van der Waals surface area contributed by atoms with Crippen molar-refractivity contribution in [2.45, 2.75) is 101 Å². The van der Waals surface area contributed by atoms with E-state index in [1.54, 1.807) is 42.5 Å². The molecule has 6 aromatic rings. The first-order chi connectivity index (χ1) is 37.8. The van der Waals surface area contributed by atoms with Crippen molar-refractivity contribution in [3.05, 3.63) is 142 Å². The van der Waals surface area contributed by atoms with Crippen LogP contribution >= 0.6 is 23.2 Å². The standard InChI is InChI=1S/C62H70Cl2N6O9/c1-39-15-7-9-19-45(39)47-23-27-51(65-55(47)41-21-25-49(63)53(35-41)77-33-13-31-69(3)4)57(72)67-61(59(74)75)29-12-18-44(38-61)79-60(76)62(30-11-17-43(71)37-62)68-58(73)52-28-24-48(46-20-10-8-16-40(46)2)56(66-52)42-22-26-50(64)54(36-42)78-34-14-32-70(5)6/h7-10,15-16,19-28,35-36,43-44,71H,11-14,17-18,29-34,37-38H2,1-6H3,(H,67,72)(H,68,73)(H,74,75). The molecule has 0 spiro atoms. The van der Waals surface area contributed by atoms with E-state index in [4.69, 9.17) is 47.4 Å². The molecule has 17 heteroatoms. The number of aliphatic carboxylic acids is 1. The summed E-state index contributed by atoms with van der Waals surface area (Å²) in [5.41, 5.74) is 3.91. The lowest BCUT2D eigenvalue weighted by Gasteiger charge is -2.41. The number of ether oxygens (including phenoxy) is 3. The Labute approximate surface area is 472 Å². The summed E-state index contributed by atoms with van der Waals surface area (Å²) >= 11 is 13.3. The number of amides is 2. The van der Waals surface area contributed by atoms with Crippen LogP contribution in [0.1, 0.15) is 96.3 Å². The van der Waals surface area contributed by atoms with Gasteiger partial charge in [-0.3, -0.25) is 9.59 Å². The summed E-state index contributed by atoms with van der Waals surface area (Å²) in [5.74, 6) is -2.59. The van der Waals surface area contributed by atoms with Crippen molar-refractivity contribution in [2.24, 2.45) is 0 Å². The fourth-order valence-corrected chi connectivity index (χ4v) is 10.9. The molecule has 2 saturated carbocycles. The number of esters is 1. The molecule has 2 aliphatic carbocycles. The summed E-state index contributed by atoms with van der Waals surface area (Å²) in [6.45, 7) is 6.49. The minimum absolute atomic E-state index is 0.0115. The number of benzene rings is 4. The fourth-order valence-electron chi connectivity index (χ4n) is 10.6. The molecule has 2 amide bonds. The third-order valence-corrected chi connectivity index (χ3v) is 15.4. The van der Waals surface area contributed by atoms with Gasteiger partial charge in [0.2, 0.25) is 0 Å². The van der Waals surface area contributed by atoms with Gasteiger partial charge in [-0.1, -0.05) is 83.9 Å². The molecular formula is C62H70Cl2N6O9. The van der Waals surface area contributed by atoms with E-state index < -0.39 is 47.0 Å². The molecule has 8 rings (SSSR count). The predicted molar refractivity (Wildman–Crippen MR) is 308 cm³/mol. The van der Waals surface area contributed by atoms with E-state index in [1.165, 1.54) is 0 Å². The third kappa shape index (κ3) is 14.1. The molecule has 2 aliphatic rings. The second-order valence-electron chi connectivity index (χ2n) is 21.4. The lowest BCUT2D eigenvalue weighted by molar-refractivity contribution is -0.166. The number of carbonyl (C=O) groups excluding carboxylic acids is 3. The number of hydrogen-bond donors (Lipinski definition) is 4. The second-order valence-corrected chi connectivity index (χ2v) is 22.2. The first-order valence-corrected chi connectivity index (χ1v) is 27.7. The molecule has 4 unspecified atom stereocenters. The normalized spacial score (nSPS) is 19.2. The highest BCUT2D eigenvalue weighted by Crippen LogP contribution is 2.40. The van der Waals surface area contributed by atoms with E-state index in [-0.39, 0.29) is 43.5 Å². The van der Waals surface area contributed by atoms with Gasteiger partial charge in [-0.05, 0) is 164 Å². The van der Waals surface area contributed by atoms with Gasteiger partial charge in [-0.2, -0.15) is 0 Å². The number of carboxylic acids is 1. The summed E-state index contributed by atoms with van der Waals surface area (Å²) in [5, 5.41) is 28.6. The highest BCUT2D eigenvalue weighted by Gasteiger charge is 2.50. The first kappa shape index (κ1) is 58.3. The van der Waals surface area contributed by atoms with E-state index in [9.17, 15) is 29.4 Å². The van der Waals surface area contributed by atoms with Crippen molar-refractivity contribution in [1.82, 2.24) is 30.4 Å². The monoisotopic (exact) mass is 1110 g/mol. The number of rotatable bonds is 21. The van der Waals surface area contributed by atoms with Crippen LogP contribution in [0.2, 0.25) is 10.0 Å². The lowest BCUT2D eigenvalue weighted by atomic mass is 9.78. The zero-order chi connectivity index (χ0) is 56.4. The minimum Gasteiger partial charge on any atom is -0.492 e. The van der Waals surface area contributed by atoms with Gasteiger partial charge >= 0.3 is 11.9 Å². The summed E-state index contributed by atoms with van der Waals surface area (Å²) < 4.78 is 18.5. The van der Waals surface area contributed by atoms with Crippen molar-refractivity contribution in [3.63, 3.8) is 0 Å². The van der Waals surface area contributed by atoms with Gasteiger partial charge < -0.3 is 44.9 Å². The largest absolute Gasteiger partial charge is 0.492 e. The zero-order valence-corrected chi connectivity index (χ0v) is 47.3. The number of carbonyl (C=O) groups is 4. The van der Waals surface area contributed by atoms with Gasteiger partial charge in [0.25, 0.3) is 11.8 Å². The van der Waals surface area contributed by atoms with Crippen LogP contribution in [0, 0.1) is 13.8 Å². The summed E-state index contributed by atoms with van der Waals surface area (Å²) in [4.78, 5) is 71.2. The van der Waals surface area contributed by atoms with Crippen molar-refractivity contribution < 1.29 is 43.6 Å². The Kier molecular flexibility index (Phi) is 19.1. The number of aryl methyl sites for hydroxylation is 2. The van der Waals surface area contributed by atoms with Gasteiger partial charge in [-0.15, -0.1) is 0 Å². The number of aliphatic hydroxyl groups excluding tert-OH is 1. The van der Waals surface area contributed by atoms with E-state index in [0.717, 1.165) is 59.3 Å². The average Bonchev–Trinajstić information content (AvgIpc) is 3.52. The van der Waals surface area contributed by atoms with Crippen molar-refractivity contribution in [2.75, 3.05) is 54.5 Å². The molecule has 4 atom stereocenters. The summed E-state index contributed by atoms with van der Waals surface area (Å²) in [6.07, 6.45) is 0.773. The Morgan fingerprint density at radius 1 is 0.620 bits per heavy atom. The maximum atomic E-state index is 14.7. The molecule has 4 N–H and O–H groups in total. The fraction of sp³-hybridized carbons (Fsp3) is 0.387. The molecule has 2 heterocycles. The number of halogens is 2. The SMILES string of the molecule is Cc1ccccc1-c1ccc(C(=O)NC2(C(=O)O)CCCC(OC(=O)C3(NC(=O)c4ccc(-c5ccccc5C)c(-c5ccc(Cl)c(OCCCN(C)C)c5)n4)CCCC(O)C3)C2)nc1-c1ccc(Cl)c(OCCCN(C)C)c1. The van der Waals surface area contributed by atoms with Gasteiger partial charge in [0.15, 0.2) is 0 Å². The predicted octanol–water partition coefficient (Wildman–Crippen LogP) is 10.9. The number of hydrogen-bond acceptors (Lipinski definition) is 12. The van der Waals surface area contributed by atoms with E-state index in [2.05, 4.69) is 20.4 Å². The van der Waals surface area contributed by atoms with Crippen LogP contribution in [0.25, 0.3) is 44.8 Å². The van der Waals surface area contributed by atoms with Crippen LogP contribution in [0.5, 0.6) is 11.5 Å². The summed E-state index contributed by atoms with van der Waals surface area (Å²) in [7, 11) is 7.97. The molecule has 0 bridgehead atoms. The van der Waals surface area contributed by atoms with Gasteiger partial charge in [0.1, 0.15) is 40.1 Å². The Morgan fingerprint density at radius 2 is 1.09 bits per heavy atom. The molecule has 0 saturated heterocycles. The van der Waals surface area contributed by atoms with Crippen LogP contribution in [0.15, 0.2) is 109 Å². The highest BCUT2D eigenvalue weighted by atomic mass is 35.5. The molecule has 79 heavy (non-hydrogen) atoms. The Morgan fingerprint density at radius 3 is 1.56 bits per heavy atom. The van der Waals surface area contributed by atoms with Gasteiger partial charge in [0.05, 0.1) is 40.8 Å². The molecule has 0 aliphatic heterocycles. The second kappa shape index (κ2) is 25.9. The highest BCUT2D eigenvalue weighted by molar-refractivity contribution is 6.32. The van der Waals surface area contributed by atoms with Gasteiger partial charge in [0, 0.05) is 48.2 Å². The minimum atomic E-state index is -1.86. The number of aliphatic hydroxyl groups is 1. The maximum Gasteiger partial charge on any atom is 0.332 e. The Hall–Kier alpha value is -6.88. The van der Waals surface area contributed by atoms with Crippen LogP contribution in [-0.2, 0) is 14.3 Å². The topological polar surface area (TPSA) is 193 Å². The molecular weight excluding hydrogens is 1040 g/mol. The molecule has 416 valence electrons. The molecule has 0 radical (unpaired) electrons. The smallest absolute Gasteiger partial charge is 0.332 e. The van der Waals surface area contributed by atoms with Crippen molar-refractivity contribution in [3.8, 4) is 56.3 Å². The maximum absolute atomic E-state index is 14.7. The number of nitrogens with zero attached hydrogens (tertiary/aromatic N) is 4. The van der Waals surface area contributed by atoms with Gasteiger partial charge in [-0.25, -0.2) is 19.6 Å². The molecule has 15 nitrogen and oxygen atoms in total. The Bertz CT molecular complexity index is 3190. The molecule has 4 aromatic carbocycles. The van der Waals surface area contributed by atoms with Crippen LogP contribution in [0.3, 0.4) is 0 Å². The van der Waals surface area contributed by atoms with E-state index in [0.29, 0.717) is 76.5 Å². The lowest BCUT2D eigenvalue weighted by Crippen LogP contribution is -2.61. The van der Waals surface area contributed by atoms with Crippen LogP contribution in [0.4, 0.5) is 0 Å². The first-order valence-electron chi connectivity index (χ1n) is 26.9. The Balaban J connectivity index is 1.04. The summed E-state index contributed by atoms with van der Waals surface area (Å²) in [6, 6.07) is 33.1. The number of pyridine rings is 2.